The number of amides is 1. The van der Waals surface area contributed by atoms with Gasteiger partial charge in [-0.05, 0) is 55.8 Å². The molecule has 3 rings (SSSR count). The van der Waals surface area contributed by atoms with Crippen molar-refractivity contribution < 1.29 is 24.1 Å². The van der Waals surface area contributed by atoms with Crippen molar-refractivity contribution in [2.45, 2.75) is 19.4 Å². The first kappa shape index (κ1) is 20.5. The highest BCUT2D eigenvalue weighted by Gasteiger charge is 2.27. The van der Waals surface area contributed by atoms with E-state index in [4.69, 9.17) is 19.3 Å². The Morgan fingerprint density at radius 1 is 1.17 bits per heavy atom. The SMILES string of the molecule is C=C(c1ccc(OC)cc1NC(=O)CO)c1ccc(OC)c2c1OC(C)(C)C=C2. The van der Waals surface area contributed by atoms with Gasteiger partial charge in [0, 0.05) is 17.2 Å². The molecule has 6 nitrogen and oxygen atoms in total. The minimum atomic E-state index is -0.622. The van der Waals surface area contributed by atoms with E-state index in [2.05, 4.69) is 11.9 Å². The Bertz CT molecular complexity index is 991. The van der Waals surface area contributed by atoms with E-state index in [9.17, 15) is 4.79 Å². The van der Waals surface area contributed by atoms with E-state index < -0.39 is 18.1 Å². The largest absolute Gasteiger partial charge is 0.497 e. The lowest BCUT2D eigenvalue weighted by molar-refractivity contribution is -0.118. The van der Waals surface area contributed by atoms with Crippen molar-refractivity contribution in [1.82, 2.24) is 0 Å². The lowest BCUT2D eigenvalue weighted by atomic mass is 9.92. The van der Waals surface area contributed by atoms with Crippen molar-refractivity contribution >= 4 is 23.2 Å². The Hall–Kier alpha value is -3.25. The number of carbonyl (C=O) groups is 1. The van der Waals surface area contributed by atoms with Crippen LogP contribution in [0.1, 0.15) is 30.5 Å². The number of rotatable bonds is 6. The molecule has 1 amide bonds. The van der Waals surface area contributed by atoms with Crippen molar-refractivity contribution in [3.05, 3.63) is 59.7 Å². The van der Waals surface area contributed by atoms with Crippen molar-refractivity contribution in [3.8, 4) is 17.2 Å². The van der Waals surface area contributed by atoms with Crippen LogP contribution in [-0.2, 0) is 4.79 Å². The lowest BCUT2D eigenvalue weighted by Crippen LogP contribution is -2.28. The van der Waals surface area contributed by atoms with Crippen molar-refractivity contribution in [1.29, 1.82) is 0 Å². The summed E-state index contributed by atoms with van der Waals surface area (Å²) in [5, 5.41) is 11.8. The standard InChI is InChI=1S/C23H25NO5/c1-14(16-7-6-15(27-4)12-19(16)24-21(26)13-25)17-8-9-20(28-5)18-10-11-23(2,3)29-22(17)18/h6-12,25H,1,13H2,2-5H3,(H,24,26). The highest BCUT2D eigenvalue weighted by atomic mass is 16.5. The molecule has 2 N–H and O–H groups in total. The maximum absolute atomic E-state index is 11.8. The molecule has 0 aliphatic carbocycles. The molecule has 2 aromatic carbocycles. The first-order valence-corrected chi connectivity index (χ1v) is 9.17. The number of fused-ring (bicyclic) bond motifs is 1. The Morgan fingerprint density at radius 2 is 1.90 bits per heavy atom. The molecule has 0 bridgehead atoms. The number of methoxy groups -OCH3 is 2. The number of nitrogens with one attached hydrogen (secondary N) is 1. The molecule has 0 fully saturated rings. The van der Waals surface area contributed by atoms with Crippen LogP contribution in [0, 0.1) is 0 Å². The molecule has 0 saturated heterocycles. The monoisotopic (exact) mass is 395 g/mol. The molecule has 0 spiro atoms. The lowest BCUT2D eigenvalue weighted by Gasteiger charge is -2.31. The summed E-state index contributed by atoms with van der Waals surface area (Å²) in [4.78, 5) is 11.8. The Balaban J connectivity index is 2.13. The van der Waals surface area contributed by atoms with Crippen LogP contribution in [0.25, 0.3) is 11.6 Å². The molecule has 29 heavy (non-hydrogen) atoms. The summed E-state index contributed by atoms with van der Waals surface area (Å²) in [5.74, 6) is 1.42. The van der Waals surface area contributed by atoms with Gasteiger partial charge >= 0.3 is 0 Å². The maximum atomic E-state index is 11.8. The number of hydrogen-bond acceptors (Lipinski definition) is 5. The third-order valence-electron chi connectivity index (χ3n) is 4.69. The van der Waals surface area contributed by atoms with Gasteiger partial charge in [-0.25, -0.2) is 0 Å². The first-order valence-electron chi connectivity index (χ1n) is 9.17. The van der Waals surface area contributed by atoms with Crippen molar-refractivity contribution in [3.63, 3.8) is 0 Å². The van der Waals surface area contributed by atoms with Crippen LogP contribution < -0.4 is 19.5 Å². The molecule has 152 valence electrons. The van der Waals surface area contributed by atoms with Gasteiger partial charge < -0.3 is 24.6 Å². The fraction of sp³-hybridized carbons (Fsp3) is 0.261. The van der Waals surface area contributed by atoms with Gasteiger partial charge in [-0.2, -0.15) is 0 Å². The molecule has 0 atom stereocenters. The topological polar surface area (TPSA) is 77.0 Å². The first-order chi connectivity index (χ1) is 13.8. The number of anilines is 1. The van der Waals surface area contributed by atoms with Gasteiger partial charge in [0.1, 0.15) is 29.5 Å². The van der Waals surface area contributed by atoms with E-state index in [-0.39, 0.29) is 0 Å². The molecule has 6 heteroatoms. The highest BCUT2D eigenvalue weighted by Crippen LogP contribution is 2.44. The number of hydrogen-bond donors (Lipinski definition) is 2. The van der Waals surface area contributed by atoms with Crippen LogP contribution in [0.5, 0.6) is 17.2 Å². The maximum Gasteiger partial charge on any atom is 0.250 e. The summed E-state index contributed by atoms with van der Waals surface area (Å²) in [6.07, 6.45) is 3.96. The predicted octanol–water partition coefficient (Wildman–Crippen LogP) is 3.88. The molecular formula is C23H25NO5. The van der Waals surface area contributed by atoms with Crippen LogP contribution in [0.4, 0.5) is 5.69 Å². The Labute approximate surface area is 170 Å². The van der Waals surface area contributed by atoms with Crippen LogP contribution in [-0.4, -0.2) is 37.4 Å². The van der Waals surface area contributed by atoms with Crippen molar-refractivity contribution in [2.75, 3.05) is 26.1 Å². The van der Waals surface area contributed by atoms with E-state index in [1.807, 2.05) is 44.2 Å². The second-order valence-electron chi connectivity index (χ2n) is 7.19. The number of carbonyl (C=O) groups excluding carboxylic acids is 1. The normalized spacial score (nSPS) is 13.8. The zero-order chi connectivity index (χ0) is 21.2. The minimum absolute atomic E-state index is 0.484. The van der Waals surface area contributed by atoms with E-state index in [1.165, 1.54) is 0 Å². The van der Waals surface area contributed by atoms with Gasteiger partial charge in [-0.3, -0.25) is 4.79 Å². The van der Waals surface area contributed by atoms with Gasteiger partial charge in [-0.15, -0.1) is 0 Å². The molecule has 0 radical (unpaired) electrons. The average molecular weight is 395 g/mol. The second-order valence-corrected chi connectivity index (χ2v) is 7.19. The summed E-state index contributed by atoms with van der Waals surface area (Å²) in [7, 11) is 3.16. The van der Waals surface area contributed by atoms with E-state index >= 15 is 0 Å². The third kappa shape index (κ3) is 4.12. The van der Waals surface area contributed by atoms with Crippen LogP contribution in [0.2, 0.25) is 0 Å². The number of ether oxygens (including phenoxy) is 3. The fourth-order valence-electron chi connectivity index (χ4n) is 3.20. The molecule has 0 aromatic heterocycles. The highest BCUT2D eigenvalue weighted by molar-refractivity contribution is 5.98. The van der Waals surface area contributed by atoms with Gasteiger partial charge in [0.25, 0.3) is 0 Å². The summed E-state index contributed by atoms with van der Waals surface area (Å²) in [6.45, 7) is 7.58. The van der Waals surface area contributed by atoms with Crippen LogP contribution in [0.15, 0.2) is 43.0 Å². The van der Waals surface area contributed by atoms with Gasteiger partial charge in [0.05, 0.1) is 25.5 Å². The van der Waals surface area contributed by atoms with Gasteiger partial charge in [0.15, 0.2) is 0 Å². The van der Waals surface area contributed by atoms with Crippen molar-refractivity contribution in [2.24, 2.45) is 0 Å². The Morgan fingerprint density at radius 3 is 2.55 bits per heavy atom. The average Bonchev–Trinajstić information content (AvgIpc) is 2.71. The zero-order valence-electron chi connectivity index (χ0n) is 17.0. The third-order valence-corrected chi connectivity index (χ3v) is 4.69. The second kappa shape index (κ2) is 8.01. The number of aliphatic hydroxyl groups excluding tert-OH is 1. The smallest absolute Gasteiger partial charge is 0.250 e. The number of aliphatic hydroxyl groups is 1. The van der Waals surface area contributed by atoms with E-state index in [0.717, 1.165) is 11.1 Å². The zero-order valence-corrected chi connectivity index (χ0v) is 17.0. The molecular weight excluding hydrogens is 370 g/mol. The van der Waals surface area contributed by atoms with Crippen LogP contribution >= 0.6 is 0 Å². The summed E-state index contributed by atoms with van der Waals surface area (Å²) >= 11 is 0. The summed E-state index contributed by atoms with van der Waals surface area (Å²) in [5.41, 5.74) is 2.97. The summed E-state index contributed by atoms with van der Waals surface area (Å²) in [6, 6.07) is 9.04. The van der Waals surface area contributed by atoms with Gasteiger partial charge in [-0.1, -0.05) is 6.58 Å². The predicted molar refractivity (Wildman–Crippen MR) is 114 cm³/mol. The fourth-order valence-corrected chi connectivity index (χ4v) is 3.20. The number of benzene rings is 2. The minimum Gasteiger partial charge on any atom is -0.497 e. The molecule has 1 heterocycles. The molecule has 1 aliphatic heterocycles. The molecule has 0 unspecified atom stereocenters. The molecule has 2 aromatic rings. The quantitative estimate of drug-likeness (QED) is 0.776. The Kier molecular flexibility index (Phi) is 5.66. The van der Waals surface area contributed by atoms with E-state index in [1.54, 1.807) is 26.4 Å². The van der Waals surface area contributed by atoms with Crippen LogP contribution in [0.3, 0.4) is 0 Å². The molecule has 1 aliphatic rings. The van der Waals surface area contributed by atoms with Gasteiger partial charge in [0.2, 0.25) is 5.91 Å². The van der Waals surface area contributed by atoms with E-state index in [0.29, 0.717) is 34.1 Å². The summed E-state index contributed by atoms with van der Waals surface area (Å²) < 4.78 is 17.0. The molecule has 0 saturated carbocycles.